The van der Waals surface area contributed by atoms with Crippen molar-refractivity contribution >= 4 is 17.6 Å². The van der Waals surface area contributed by atoms with E-state index in [1.54, 1.807) is 54.6 Å². The summed E-state index contributed by atoms with van der Waals surface area (Å²) in [6, 6.07) is 20.2. The van der Waals surface area contributed by atoms with Crippen LogP contribution in [0.2, 0.25) is 0 Å². The number of aromatic nitrogens is 2. The minimum absolute atomic E-state index is 0.0799. The third-order valence-corrected chi connectivity index (χ3v) is 6.20. The molecule has 0 spiro atoms. The van der Waals surface area contributed by atoms with Crippen molar-refractivity contribution in [3.05, 3.63) is 90.0 Å². The van der Waals surface area contributed by atoms with E-state index in [1.807, 2.05) is 25.1 Å². The second-order valence-corrected chi connectivity index (χ2v) is 9.37. The number of hydrogen-bond donors (Lipinski definition) is 3. The summed E-state index contributed by atoms with van der Waals surface area (Å²) in [6.07, 6.45) is -7.01. The maximum atomic E-state index is 14.5. The Morgan fingerprint density at radius 2 is 1.68 bits per heavy atom. The van der Waals surface area contributed by atoms with E-state index in [-0.39, 0.29) is 29.5 Å². The summed E-state index contributed by atoms with van der Waals surface area (Å²) in [4.78, 5) is 20.9. The van der Waals surface area contributed by atoms with E-state index in [4.69, 9.17) is 21.3 Å². The molecule has 1 aromatic heterocycles. The summed E-state index contributed by atoms with van der Waals surface area (Å²) in [6.45, 7) is 0. The molecule has 0 aliphatic rings. The van der Waals surface area contributed by atoms with Gasteiger partial charge in [-0.05, 0) is 35.2 Å². The highest BCUT2D eigenvalue weighted by molar-refractivity contribution is 5.74. The quantitative estimate of drug-likeness (QED) is 0.262. The number of ether oxygens (including phenoxy) is 1. The number of alkyl halides is 3. The van der Waals surface area contributed by atoms with Crippen molar-refractivity contribution in [3.63, 3.8) is 0 Å². The fourth-order valence-corrected chi connectivity index (χ4v) is 4.17. The van der Waals surface area contributed by atoms with Crippen LogP contribution in [-0.4, -0.2) is 47.4 Å². The summed E-state index contributed by atoms with van der Waals surface area (Å²) < 4.78 is 48.9. The van der Waals surface area contributed by atoms with Crippen LogP contribution in [0.1, 0.15) is 17.2 Å². The Kier molecular flexibility index (Phi) is 8.24. The molecular weight excluding hydrogens is 523 g/mol. The summed E-state index contributed by atoms with van der Waals surface area (Å²) in [7, 11) is 3.70. The molecule has 0 saturated heterocycles. The van der Waals surface area contributed by atoms with Crippen LogP contribution in [0.4, 0.5) is 24.8 Å². The molecule has 0 amide bonds. The monoisotopic (exact) mass is 551 g/mol. The Bertz CT molecular complexity index is 1490. The van der Waals surface area contributed by atoms with Gasteiger partial charge in [0.15, 0.2) is 0 Å². The second kappa shape index (κ2) is 11.6. The molecule has 4 aromatic rings. The van der Waals surface area contributed by atoms with Crippen molar-refractivity contribution in [1.29, 1.82) is 0 Å². The zero-order chi connectivity index (χ0) is 29.0. The number of halogens is 3. The van der Waals surface area contributed by atoms with Gasteiger partial charge < -0.3 is 26.2 Å². The lowest BCUT2D eigenvalue weighted by molar-refractivity contribution is -0.198. The van der Waals surface area contributed by atoms with Crippen molar-refractivity contribution in [2.75, 3.05) is 24.7 Å². The molecule has 2 atom stereocenters. The van der Waals surface area contributed by atoms with Crippen LogP contribution in [-0.2, 0) is 11.2 Å². The standard InChI is InChI=1S/C29H28F3N5O3/c1-37(2)20-7-5-6-19(15-20)21-8-3-4-9-22(21)26(29(30,31)32)40-25-16-24(35-28(34)36-25)18-12-10-17(11-13-18)14-23(33)27(38)39/h3-13,15-16,23,26H,14,33H2,1-2H3,(H,38,39)(H2,34,35,36)/t23?,26-/m1/s1. The van der Waals surface area contributed by atoms with E-state index in [2.05, 4.69) is 9.97 Å². The summed E-state index contributed by atoms with van der Waals surface area (Å²) >= 11 is 0. The number of nitrogen functional groups attached to an aromatic ring is 1. The highest BCUT2D eigenvalue weighted by Crippen LogP contribution is 2.41. The summed E-state index contributed by atoms with van der Waals surface area (Å²) in [5.74, 6) is -1.74. The van der Waals surface area contributed by atoms with Crippen LogP contribution in [0.25, 0.3) is 22.4 Å². The molecule has 4 rings (SSSR count). The molecule has 1 unspecified atom stereocenters. The molecule has 1 heterocycles. The molecule has 208 valence electrons. The van der Waals surface area contributed by atoms with Gasteiger partial charge in [0.1, 0.15) is 6.04 Å². The first-order chi connectivity index (χ1) is 18.9. The topological polar surface area (TPSA) is 128 Å². The third kappa shape index (κ3) is 6.67. The third-order valence-electron chi connectivity index (χ3n) is 6.20. The van der Waals surface area contributed by atoms with Gasteiger partial charge in [-0.1, -0.05) is 60.7 Å². The molecular formula is C29H28F3N5O3. The van der Waals surface area contributed by atoms with Gasteiger partial charge in [-0.2, -0.15) is 18.2 Å². The average Bonchev–Trinajstić information content (AvgIpc) is 2.91. The molecule has 11 heteroatoms. The lowest BCUT2D eigenvalue weighted by Gasteiger charge is -2.24. The lowest BCUT2D eigenvalue weighted by atomic mass is 9.95. The fourth-order valence-electron chi connectivity index (χ4n) is 4.17. The normalized spacial score (nSPS) is 12.9. The molecule has 0 fully saturated rings. The van der Waals surface area contributed by atoms with Gasteiger partial charge in [0, 0.05) is 37.0 Å². The van der Waals surface area contributed by atoms with Crippen molar-refractivity contribution < 1.29 is 27.8 Å². The van der Waals surface area contributed by atoms with Gasteiger partial charge in [0.25, 0.3) is 0 Å². The van der Waals surface area contributed by atoms with Gasteiger partial charge in [-0.25, -0.2) is 4.98 Å². The highest BCUT2D eigenvalue weighted by atomic mass is 19.4. The first kappa shape index (κ1) is 28.4. The lowest BCUT2D eigenvalue weighted by Crippen LogP contribution is -2.32. The first-order valence-corrected chi connectivity index (χ1v) is 12.2. The van der Waals surface area contributed by atoms with E-state index in [9.17, 15) is 18.0 Å². The molecule has 0 bridgehead atoms. The Morgan fingerprint density at radius 3 is 2.33 bits per heavy atom. The van der Waals surface area contributed by atoms with E-state index in [0.717, 1.165) is 5.69 Å². The van der Waals surface area contributed by atoms with Gasteiger partial charge >= 0.3 is 12.1 Å². The summed E-state index contributed by atoms with van der Waals surface area (Å²) in [5.41, 5.74) is 14.6. The number of aliphatic carboxylic acids is 1. The van der Waals surface area contributed by atoms with Crippen molar-refractivity contribution in [3.8, 4) is 28.3 Å². The minimum Gasteiger partial charge on any atom is -0.480 e. The molecule has 0 radical (unpaired) electrons. The number of carboxylic acid groups (broad SMARTS) is 1. The van der Waals surface area contributed by atoms with E-state index in [0.29, 0.717) is 22.3 Å². The number of nitrogens with zero attached hydrogens (tertiary/aromatic N) is 3. The Balaban J connectivity index is 1.68. The molecule has 40 heavy (non-hydrogen) atoms. The summed E-state index contributed by atoms with van der Waals surface area (Å²) in [5, 5.41) is 9.01. The van der Waals surface area contributed by atoms with E-state index < -0.39 is 24.3 Å². The maximum Gasteiger partial charge on any atom is 0.429 e. The smallest absolute Gasteiger partial charge is 0.429 e. The van der Waals surface area contributed by atoms with Crippen LogP contribution in [0.3, 0.4) is 0 Å². The predicted molar refractivity (Wildman–Crippen MR) is 147 cm³/mol. The highest BCUT2D eigenvalue weighted by Gasteiger charge is 2.44. The molecule has 5 N–H and O–H groups in total. The largest absolute Gasteiger partial charge is 0.480 e. The predicted octanol–water partition coefficient (Wildman–Crippen LogP) is 5.10. The number of anilines is 2. The maximum absolute atomic E-state index is 14.5. The average molecular weight is 552 g/mol. The fraction of sp³-hybridized carbons (Fsp3) is 0.207. The van der Waals surface area contributed by atoms with Crippen LogP contribution >= 0.6 is 0 Å². The van der Waals surface area contributed by atoms with Gasteiger partial charge in [0.2, 0.25) is 17.9 Å². The number of carbonyl (C=O) groups is 1. The Morgan fingerprint density at radius 1 is 0.975 bits per heavy atom. The van der Waals surface area contributed by atoms with Crippen LogP contribution in [0, 0.1) is 0 Å². The number of rotatable bonds is 9. The van der Waals surface area contributed by atoms with Crippen molar-refractivity contribution in [2.24, 2.45) is 5.73 Å². The number of carboxylic acids is 1. The molecule has 0 saturated carbocycles. The zero-order valence-corrected chi connectivity index (χ0v) is 21.8. The van der Waals surface area contributed by atoms with Crippen molar-refractivity contribution in [2.45, 2.75) is 24.7 Å². The van der Waals surface area contributed by atoms with Gasteiger partial charge in [-0.3, -0.25) is 4.79 Å². The zero-order valence-electron chi connectivity index (χ0n) is 21.8. The van der Waals surface area contributed by atoms with Crippen LogP contribution in [0.5, 0.6) is 5.88 Å². The molecule has 0 aliphatic heterocycles. The SMILES string of the molecule is CN(C)c1cccc(-c2ccccc2[C@@H](Oc2cc(-c3ccc(CC(N)C(=O)O)cc3)nc(N)n2)C(F)(F)F)c1. The van der Waals surface area contributed by atoms with E-state index >= 15 is 0 Å². The Labute approximate surface area is 229 Å². The second-order valence-electron chi connectivity index (χ2n) is 9.37. The van der Waals surface area contributed by atoms with Crippen LogP contribution < -0.4 is 21.1 Å². The Hall–Kier alpha value is -4.64. The molecule has 0 aliphatic carbocycles. The van der Waals surface area contributed by atoms with Crippen molar-refractivity contribution in [1.82, 2.24) is 9.97 Å². The van der Waals surface area contributed by atoms with Gasteiger partial charge in [-0.15, -0.1) is 0 Å². The molecule has 3 aromatic carbocycles. The van der Waals surface area contributed by atoms with E-state index in [1.165, 1.54) is 18.2 Å². The number of hydrogen-bond acceptors (Lipinski definition) is 7. The number of nitrogens with two attached hydrogens (primary N) is 2. The van der Waals surface area contributed by atoms with Crippen LogP contribution in [0.15, 0.2) is 78.9 Å². The molecule has 8 nitrogen and oxygen atoms in total. The number of benzene rings is 3. The van der Waals surface area contributed by atoms with Gasteiger partial charge in [0.05, 0.1) is 5.69 Å². The first-order valence-electron chi connectivity index (χ1n) is 12.2. The minimum atomic E-state index is -4.78.